The number of aliphatic hydroxyl groups is 1. The summed E-state index contributed by atoms with van der Waals surface area (Å²) in [5.74, 6) is 0.605. The van der Waals surface area contributed by atoms with E-state index in [-0.39, 0.29) is 50.7 Å². The summed E-state index contributed by atoms with van der Waals surface area (Å²) < 4.78 is 40.8. The van der Waals surface area contributed by atoms with Crippen LogP contribution < -0.4 is 14.8 Å². The fourth-order valence-electron chi connectivity index (χ4n) is 3.57. The van der Waals surface area contributed by atoms with Gasteiger partial charge in [0.1, 0.15) is 5.82 Å². The van der Waals surface area contributed by atoms with Crippen LogP contribution >= 0.6 is 0 Å². The molecule has 0 saturated carbocycles. The molecular formula is C24H26FNO7. The quantitative estimate of drug-likeness (QED) is 0.528. The summed E-state index contributed by atoms with van der Waals surface area (Å²) in [4.78, 5) is 12.8. The molecule has 0 aromatic heterocycles. The molecule has 2 heterocycles. The molecule has 9 heteroatoms. The molecule has 2 aromatic carbocycles. The second-order valence-corrected chi connectivity index (χ2v) is 7.55. The lowest BCUT2D eigenvalue weighted by Crippen LogP contribution is -2.33. The summed E-state index contributed by atoms with van der Waals surface area (Å²) in [6, 6.07) is 11.6. The largest absolute Gasteiger partial charge is 0.459 e. The summed E-state index contributed by atoms with van der Waals surface area (Å²) in [7, 11) is 0. The van der Waals surface area contributed by atoms with Gasteiger partial charge < -0.3 is 34.1 Å². The minimum atomic E-state index is -0.658. The number of halogens is 1. The molecule has 33 heavy (non-hydrogen) atoms. The highest BCUT2D eigenvalue weighted by molar-refractivity contribution is 5.91. The molecule has 2 aliphatic heterocycles. The number of nitrogens with one attached hydrogen (secondary N) is 1. The molecule has 176 valence electrons. The smallest absolute Gasteiger partial charge is 0.286 e. The third kappa shape index (κ3) is 6.22. The first-order chi connectivity index (χ1) is 16.1. The number of ether oxygens (including phenoxy) is 5. The zero-order chi connectivity index (χ0) is 23.0. The SMILES string of the molecule is O=C(NCc1ccc(F)cc1)C1=CC(c2ccc3c(c2)OCO3)CC(OCCOCCO)O1. The number of carbonyl (C=O) groups excluding carboxylic acids is 1. The van der Waals surface area contributed by atoms with Crippen molar-refractivity contribution in [2.75, 3.05) is 33.2 Å². The van der Waals surface area contributed by atoms with E-state index in [1.807, 2.05) is 18.2 Å². The predicted molar refractivity (Wildman–Crippen MR) is 115 cm³/mol. The van der Waals surface area contributed by atoms with Gasteiger partial charge in [-0.15, -0.1) is 0 Å². The van der Waals surface area contributed by atoms with Crippen LogP contribution in [-0.2, 0) is 25.5 Å². The molecule has 2 aromatic rings. The normalized spacial score (nSPS) is 19.0. The summed E-state index contributed by atoms with van der Waals surface area (Å²) in [5, 5.41) is 11.6. The summed E-state index contributed by atoms with van der Waals surface area (Å²) in [6.45, 7) is 1.13. The van der Waals surface area contributed by atoms with Gasteiger partial charge in [-0.3, -0.25) is 4.79 Å². The van der Waals surface area contributed by atoms with E-state index < -0.39 is 12.2 Å². The van der Waals surface area contributed by atoms with E-state index in [9.17, 15) is 9.18 Å². The number of carbonyl (C=O) groups is 1. The number of allylic oxidation sites excluding steroid dienone is 1. The van der Waals surface area contributed by atoms with Crippen molar-refractivity contribution in [3.05, 3.63) is 71.2 Å². The third-order valence-electron chi connectivity index (χ3n) is 5.24. The van der Waals surface area contributed by atoms with Crippen molar-refractivity contribution >= 4 is 5.91 Å². The van der Waals surface area contributed by atoms with Gasteiger partial charge >= 0.3 is 0 Å². The molecule has 1 amide bonds. The molecule has 0 radical (unpaired) electrons. The fraction of sp³-hybridized carbons (Fsp3) is 0.375. The van der Waals surface area contributed by atoms with Gasteiger partial charge in [-0.25, -0.2) is 4.39 Å². The molecule has 0 spiro atoms. The van der Waals surface area contributed by atoms with Crippen LogP contribution in [0.1, 0.15) is 23.5 Å². The van der Waals surface area contributed by atoms with E-state index in [0.717, 1.165) is 11.1 Å². The Morgan fingerprint density at radius 1 is 1.09 bits per heavy atom. The monoisotopic (exact) mass is 459 g/mol. The first-order valence-corrected chi connectivity index (χ1v) is 10.7. The third-order valence-corrected chi connectivity index (χ3v) is 5.24. The van der Waals surface area contributed by atoms with Gasteiger partial charge in [-0.2, -0.15) is 0 Å². The van der Waals surface area contributed by atoms with Crippen molar-refractivity contribution in [1.82, 2.24) is 5.32 Å². The van der Waals surface area contributed by atoms with Gasteiger partial charge in [0, 0.05) is 18.9 Å². The second-order valence-electron chi connectivity index (χ2n) is 7.55. The number of fused-ring (bicyclic) bond motifs is 1. The van der Waals surface area contributed by atoms with Crippen molar-refractivity contribution in [2.45, 2.75) is 25.2 Å². The Kier molecular flexibility index (Phi) is 7.77. The second kappa shape index (κ2) is 11.1. The Morgan fingerprint density at radius 2 is 1.91 bits per heavy atom. The van der Waals surface area contributed by atoms with E-state index in [1.54, 1.807) is 18.2 Å². The predicted octanol–water partition coefficient (Wildman–Crippen LogP) is 2.61. The Hall–Kier alpha value is -3.14. The maximum Gasteiger partial charge on any atom is 0.286 e. The van der Waals surface area contributed by atoms with Gasteiger partial charge in [0.25, 0.3) is 5.91 Å². The highest BCUT2D eigenvalue weighted by atomic mass is 19.1. The van der Waals surface area contributed by atoms with Gasteiger partial charge in [0.2, 0.25) is 13.1 Å². The van der Waals surface area contributed by atoms with E-state index in [2.05, 4.69) is 5.32 Å². The first kappa shape index (κ1) is 23.0. The highest BCUT2D eigenvalue weighted by Crippen LogP contribution is 2.38. The molecule has 0 bridgehead atoms. The lowest BCUT2D eigenvalue weighted by Gasteiger charge is -2.29. The molecular weight excluding hydrogens is 433 g/mol. The molecule has 2 aliphatic rings. The molecule has 4 rings (SSSR count). The minimum Gasteiger partial charge on any atom is -0.459 e. The summed E-state index contributed by atoms with van der Waals surface area (Å²) >= 11 is 0. The van der Waals surface area contributed by atoms with E-state index in [0.29, 0.717) is 24.5 Å². The zero-order valence-corrected chi connectivity index (χ0v) is 18.0. The minimum absolute atomic E-state index is 0.0623. The van der Waals surface area contributed by atoms with Crippen LogP contribution in [0.3, 0.4) is 0 Å². The van der Waals surface area contributed by atoms with Gasteiger partial charge in [0.05, 0.1) is 26.4 Å². The molecule has 0 aliphatic carbocycles. The van der Waals surface area contributed by atoms with Gasteiger partial charge in [0.15, 0.2) is 17.3 Å². The Morgan fingerprint density at radius 3 is 2.73 bits per heavy atom. The molecule has 8 nitrogen and oxygen atoms in total. The first-order valence-electron chi connectivity index (χ1n) is 10.7. The van der Waals surface area contributed by atoms with Crippen LogP contribution in [0.25, 0.3) is 0 Å². The Bertz CT molecular complexity index is 979. The van der Waals surface area contributed by atoms with Crippen LogP contribution in [0, 0.1) is 5.82 Å². The number of rotatable bonds is 10. The zero-order valence-electron chi connectivity index (χ0n) is 18.0. The van der Waals surface area contributed by atoms with Gasteiger partial charge in [-0.1, -0.05) is 18.2 Å². The number of aliphatic hydroxyl groups excluding tert-OH is 1. The van der Waals surface area contributed by atoms with Crippen molar-refractivity contribution in [3.63, 3.8) is 0 Å². The average Bonchev–Trinajstić information content (AvgIpc) is 3.31. The number of hydrogen-bond donors (Lipinski definition) is 2. The summed E-state index contributed by atoms with van der Waals surface area (Å²) in [6.07, 6.45) is 1.60. The lowest BCUT2D eigenvalue weighted by molar-refractivity contribution is -0.151. The van der Waals surface area contributed by atoms with Crippen molar-refractivity contribution in [1.29, 1.82) is 0 Å². The standard InChI is InChI=1S/C24H26FNO7/c25-19-4-1-16(2-5-19)14-26-24(28)22-12-18(13-23(33-22)30-10-9-29-8-7-27)17-3-6-20-21(11-17)32-15-31-20/h1-6,11-12,18,23,27H,7-10,13-15H2,(H,26,28). The van der Waals surface area contributed by atoms with Crippen LogP contribution in [0.2, 0.25) is 0 Å². The lowest BCUT2D eigenvalue weighted by atomic mass is 9.92. The number of hydrogen-bond acceptors (Lipinski definition) is 7. The highest BCUT2D eigenvalue weighted by Gasteiger charge is 2.29. The van der Waals surface area contributed by atoms with Gasteiger partial charge in [-0.05, 0) is 41.5 Å². The average molecular weight is 459 g/mol. The van der Waals surface area contributed by atoms with Crippen LogP contribution in [0.15, 0.2) is 54.3 Å². The van der Waals surface area contributed by atoms with E-state index in [1.165, 1.54) is 12.1 Å². The Balaban J connectivity index is 1.45. The van der Waals surface area contributed by atoms with E-state index in [4.69, 9.17) is 28.8 Å². The maximum absolute atomic E-state index is 13.1. The molecule has 2 unspecified atom stereocenters. The molecule has 0 fully saturated rings. The number of amides is 1. The van der Waals surface area contributed by atoms with Crippen molar-refractivity contribution < 1.29 is 38.0 Å². The topological polar surface area (TPSA) is 95.5 Å². The van der Waals surface area contributed by atoms with E-state index >= 15 is 0 Å². The molecule has 2 N–H and O–H groups in total. The fourth-order valence-corrected chi connectivity index (χ4v) is 3.57. The Labute approximate surface area is 190 Å². The van der Waals surface area contributed by atoms with Crippen LogP contribution in [-0.4, -0.2) is 50.5 Å². The molecule has 2 atom stereocenters. The van der Waals surface area contributed by atoms with Crippen molar-refractivity contribution in [2.24, 2.45) is 0 Å². The summed E-state index contributed by atoms with van der Waals surface area (Å²) in [5.41, 5.74) is 1.71. The maximum atomic E-state index is 13.1. The molecule has 0 saturated heterocycles. The van der Waals surface area contributed by atoms with Crippen LogP contribution in [0.4, 0.5) is 4.39 Å². The van der Waals surface area contributed by atoms with Crippen molar-refractivity contribution in [3.8, 4) is 11.5 Å². The number of benzene rings is 2. The van der Waals surface area contributed by atoms with Crippen LogP contribution in [0.5, 0.6) is 11.5 Å².